The summed E-state index contributed by atoms with van der Waals surface area (Å²) in [4.78, 5) is 2.43. The molecular formula is C46H31NS. The summed E-state index contributed by atoms with van der Waals surface area (Å²) < 4.78 is 2.59. The Bertz CT molecular complexity index is 2450. The highest BCUT2D eigenvalue weighted by Crippen LogP contribution is 2.47. The predicted octanol–water partition coefficient (Wildman–Crippen LogP) is 13.7. The van der Waals surface area contributed by atoms with Gasteiger partial charge in [0.1, 0.15) is 0 Å². The van der Waals surface area contributed by atoms with E-state index >= 15 is 0 Å². The van der Waals surface area contributed by atoms with Gasteiger partial charge in [-0.2, -0.15) is 0 Å². The first-order valence-electron chi connectivity index (χ1n) is 16.3. The summed E-state index contributed by atoms with van der Waals surface area (Å²) in [6.45, 7) is 0. The van der Waals surface area contributed by atoms with Gasteiger partial charge in [-0.3, -0.25) is 0 Å². The van der Waals surface area contributed by atoms with E-state index in [0.29, 0.717) is 0 Å². The molecule has 0 amide bonds. The number of rotatable bonds is 6. The molecule has 0 atom stereocenters. The number of hydrogen-bond donors (Lipinski definition) is 0. The van der Waals surface area contributed by atoms with E-state index in [4.69, 9.17) is 0 Å². The van der Waals surface area contributed by atoms with E-state index in [-0.39, 0.29) is 0 Å². The lowest BCUT2D eigenvalue weighted by molar-refractivity contribution is 1.29. The fourth-order valence-electron chi connectivity index (χ4n) is 6.83. The highest BCUT2D eigenvalue weighted by atomic mass is 32.1. The number of nitrogens with zero attached hydrogens (tertiary/aromatic N) is 1. The molecule has 0 fully saturated rings. The third-order valence-corrected chi connectivity index (χ3v) is 10.4. The number of anilines is 3. The van der Waals surface area contributed by atoms with Gasteiger partial charge in [0, 0.05) is 37.1 Å². The molecule has 0 N–H and O–H groups in total. The molecule has 1 nitrogen and oxygen atoms in total. The summed E-state index contributed by atoms with van der Waals surface area (Å²) in [6.07, 6.45) is 0. The number of benzene rings is 8. The second kappa shape index (κ2) is 12.0. The third kappa shape index (κ3) is 5.13. The van der Waals surface area contributed by atoms with E-state index < -0.39 is 0 Å². The Hall–Kier alpha value is -5.96. The lowest BCUT2D eigenvalue weighted by Gasteiger charge is -2.28. The van der Waals surface area contributed by atoms with Crippen molar-refractivity contribution in [2.24, 2.45) is 0 Å². The van der Waals surface area contributed by atoms with Gasteiger partial charge in [-0.1, -0.05) is 140 Å². The number of fused-ring (bicyclic) bond motifs is 4. The largest absolute Gasteiger partial charge is 0.310 e. The minimum absolute atomic E-state index is 1.12. The van der Waals surface area contributed by atoms with Gasteiger partial charge in [0.25, 0.3) is 0 Å². The first-order chi connectivity index (χ1) is 23.8. The Morgan fingerprint density at radius 1 is 0.333 bits per heavy atom. The second-order valence-corrected chi connectivity index (χ2v) is 13.3. The molecule has 9 rings (SSSR count). The van der Waals surface area contributed by atoms with Crippen LogP contribution < -0.4 is 4.90 Å². The maximum Gasteiger partial charge on any atom is 0.0554 e. The molecule has 0 radical (unpaired) electrons. The SMILES string of the molecule is c1ccc(-c2ccc(N(c3ccc(-c4ccccc4)cc3)c3cc4sc5ccccc5c4cc3-c3ccc4ccccc4c3)cc2)cc1. The van der Waals surface area contributed by atoms with Gasteiger partial charge >= 0.3 is 0 Å². The fraction of sp³-hybridized carbons (Fsp3) is 0. The summed E-state index contributed by atoms with van der Waals surface area (Å²) in [5, 5.41) is 5.08. The topological polar surface area (TPSA) is 3.24 Å². The van der Waals surface area contributed by atoms with Gasteiger partial charge in [0.05, 0.1) is 5.69 Å². The molecule has 9 aromatic rings. The van der Waals surface area contributed by atoms with E-state index in [1.165, 1.54) is 64.3 Å². The van der Waals surface area contributed by atoms with Crippen LogP contribution in [0.25, 0.3) is 64.3 Å². The molecule has 0 unspecified atom stereocenters. The maximum atomic E-state index is 2.43. The highest BCUT2D eigenvalue weighted by Gasteiger charge is 2.20. The monoisotopic (exact) mass is 629 g/mol. The molecule has 0 aliphatic carbocycles. The van der Waals surface area contributed by atoms with E-state index in [2.05, 4.69) is 193 Å². The van der Waals surface area contributed by atoms with Crippen LogP contribution >= 0.6 is 11.3 Å². The van der Waals surface area contributed by atoms with E-state index in [0.717, 1.165) is 17.1 Å². The minimum atomic E-state index is 1.12. The average molecular weight is 630 g/mol. The maximum absolute atomic E-state index is 2.43. The van der Waals surface area contributed by atoms with Crippen molar-refractivity contribution in [2.45, 2.75) is 0 Å². The normalized spacial score (nSPS) is 11.3. The zero-order valence-electron chi connectivity index (χ0n) is 26.3. The molecule has 0 spiro atoms. The molecule has 226 valence electrons. The van der Waals surface area contributed by atoms with Crippen molar-refractivity contribution in [3.05, 3.63) is 188 Å². The van der Waals surface area contributed by atoms with Gasteiger partial charge in [0.2, 0.25) is 0 Å². The standard InChI is InChI=1S/C46H31NS/c1-3-11-32(12-4-1)35-21-25-39(26-22-35)47(40-27-23-36(24-28-40)33-13-5-2-6-14-33)44-31-46-43(41-17-9-10-18-45(41)48-46)30-42(44)38-20-19-34-15-7-8-16-37(34)29-38/h1-31H. The fourth-order valence-corrected chi connectivity index (χ4v) is 7.95. The molecule has 8 aromatic carbocycles. The van der Waals surface area contributed by atoms with Gasteiger partial charge in [-0.05, 0) is 87.1 Å². The second-order valence-electron chi connectivity index (χ2n) is 12.2. The quantitative estimate of drug-likeness (QED) is 0.177. The average Bonchev–Trinajstić information content (AvgIpc) is 3.53. The zero-order chi connectivity index (χ0) is 31.9. The number of thiophene rings is 1. The van der Waals surface area contributed by atoms with Crippen LogP contribution in [0.1, 0.15) is 0 Å². The zero-order valence-corrected chi connectivity index (χ0v) is 27.1. The lowest BCUT2D eigenvalue weighted by Crippen LogP contribution is -2.11. The number of hydrogen-bond acceptors (Lipinski definition) is 2. The Balaban J connectivity index is 1.28. The Kier molecular flexibility index (Phi) is 7.07. The van der Waals surface area contributed by atoms with Crippen LogP contribution in [0.5, 0.6) is 0 Å². The van der Waals surface area contributed by atoms with E-state index in [9.17, 15) is 0 Å². The van der Waals surface area contributed by atoms with Crippen LogP contribution in [0, 0.1) is 0 Å². The van der Waals surface area contributed by atoms with Crippen LogP contribution in [0.2, 0.25) is 0 Å². The van der Waals surface area contributed by atoms with Crippen molar-refractivity contribution in [1.82, 2.24) is 0 Å². The summed E-state index contributed by atoms with van der Waals surface area (Å²) in [5.74, 6) is 0. The first-order valence-corrected chi connectivity index (χ1v) is 17.2. The van der Waals surface area contributed by atoms with Gasteiger partial charge in [-0.15, -0.1) is 11.3 Å². The predicted molar refractivity (Wildman–Crippen MR) is 208 cm³/mol. The molecular weight excluding hydrogens is 599 g/mol. The molecule has 0 aliphatic heterocycles. The van der Waals surface area contributed by atoms with Crippen molar-refractivity contribution in [3.8, 4) is 33.4 Å². The van der Waals surface area contributed by atoms with E-state index in [1.807, 2.05) is 11.3 Å². The molecule has 2 heteroatoms. The summed E-state index contributed by atoms with van der Waals surface area (Å²) in [7, 11) is 0. The van der Waals surface area contributed by atoms with Crippen molar-refractivity contribution in [3.63, 3.8) is 0 Å². The van der Waals surface area contributed by atoms with Gasteiger partial charge < -0.3 is 4.90 Å². The van der Waals surface area contributed by atoms with Crippen molar-refractivity contribution in [2.75, 3.05) is 4.90 Å². The van der Waals surface area contributed by atoms with Crippen molar-refractivity contribution < 1.29 is 0 Å². The molecule has 0 saturated carbocycles. The highest BCUT2D eigenvalue weighted by molar-refractivity contribution is 7.25. The molecule has 0 bridgehead atoms. The summed E-state index contributed by atoms with van der Waals surface area (Å²) >= 11 is 1.86. The minimum Gasteiger partial charge on any atom is -0.310 e. The molecule has 0 aliphatic rings. The van der Waals surface area contributed by atoms with Crippen LogP contribution in [-0.4, -0.2) is 0 Å². The smallest absolute Gasteiger partial charge is 0.0554 e. The van der Waals surface area contributed by atoms with Crippen LogP contribution in [0.15, 0.2) is 188 Å². The van der Waals surface area contributed by atoms with Crippen molar-refractivity contribution >= 4 is 59.3 Å². The molecule has 1 heterocycles. The summed E-state index contributed by atoms with van der Waals surface area (Å²) in [5.41, 5.74) is 10.6. The molecule has 1 aromatic heterocycles. The Labute approximate surface area is 284 Å². The third-order valence-electron chi connectivity index (χ3n) is 9.26. The van der Waals surface area contributed by atoms with Crippen LogP contribution in [-0.2, 0) is 0 Å². The first kappa shape index (κ1) is 28.3. The van der Waals surface area contributed by atoms with E-state index in [1.54, 1.807) is 0 Å². The van der Waals surface area contributed by atoms with Gasteiger partial charge in [0.15, 0.2) is 0 Å². The molecule has 48 heavy (non-hydrogen) atoms. The van der Waals surface area contributed by atoms with Gasteiger partial charge in [-0.25, -0.2) is 0 Å². The molecule has 0 saturated heterocycles. The van der Waals surface area contributed by atoms with Crippen LogP contribution in [0.3, 0.4) is 0 Å². The Morgan fingerprint density at radius 2 is 0.854 bits per heavy atom. The van der Waals surface area contributed by atoms with Crippen molar-refractivity contribution in [1.29, 1.82) is 0 Å². The summed E-state index contributed by atoms with van der Waals surface area (Å²) in [6, 6.07) is 68.3. The lowest BCUT2D eigenvalue weighted by atomic mass is 9.96. The Morgan fingerprint density at radius 3 is 1.50 bits per heavy atom. The van der Waals surface area contributed by atoms with Crippen LogP contribution in [0.4, 0.5) is 17.1 Å².